The van der Waals surface area contributed by atoms with Crippen molar-refractivity contribution in [2.75, 3.05) is 6.54 Å². The number of amides is 1. The molecule has 0 heterocycles. The number of carbonyl (C=O) groups is 2. The van der Waals surface area contributed by atoms with Gasteiger partial charge in [-0.15, -0.1) is 0 Å². The van der Waals surface area contributed by atoms with Crippen molar-refractivity contribution < 1.29 is 9.59 Å². The highest BCUT2D eigenvalue weighted by atomic mass is 16.2. The highest BCUT2D eigenvalue weighted by Gasteiger charge is 2.14. The van der Waals surface area contributed by atoms with Crippen LogP contribution in [0.1, 0.15) is 27.2 Å². The molecule has 1 unspecified atom stereocenters. The Balaban J connectivity index is 3.76. The van der Waals surface area contributed by atoms with Gasteiger partial charge in [0.1, 0.15) is 5.78 Å². The largest absolute Gasteiger partial charge is 0.348 e. The standard InChI is InChI=1S/C9H18N2O2/c1-6(2)4-8(10)9(13)11-5-7(3)12/h6,8H,4-5,10H2,1-3H3,(H,11,13). The first-order valence-corrected chi connectivity index (χ1v) is 4.46. The van der Waals surface area contributed by atoms with Gasteiger partial charge in [0.05, 0.1) is 12.6 Å². The van der Waals surface area contributed by atoms with E-state index in [1.165, 1.54) is 6.92 Å². The number of rotatable bonds is 5. The molecule has 0 saturated carbocycles. The fourth-order valence-electron chi connectivity index (χ4n) is 0.958. The first-order chi connectivity index (χ1) is 5.93. The van der Waals surface area contributed by atoms with Crippen molar-refractivity contribution in [2.45, 2.75) is 33.2 Å². The summed E-state index contributed by atoms with van der Waals surface area (Å²) in [7, 11) is 0. The quantitative estimate of drug-likeness (QED) is 0.638. The Kier molecular flexibility index (Phi) is 5.30. The summed E-state index contributed by atoms with van der Waals surface area (Å²) in [4.78, 5) is 21.7. The van der Waals surface area contributed by atoms with E-state index in [2.05, 4.69) is 5.32 Å². The van der Waals surface area contributed by atoms with Crippen molar-refractivity contribution in [2.24, 2.45) is 11.7 Å². The number of ketones is 1. The summed E-state index contributed by atoms with van der Waals surface area (Å²) in [5.41, 5.74) is 5.58. The SMILES string of the molecule is CC(=O)CNC(=O)C(N)CC(C)C. The second-order valence-corrected chi connectivity index (χ2v) is 3.66. The molecule has 0 aliphatic heterocycles. The van der Waals surface area contributed by atoms with Crippen LogP contribution >= 0.6 is 0 Å². The number of Topliss-reactive ketones (excluding diaryl/α,β-unsaturated/α-hetero) is 1. The van der Waals surface area contributed by atoms with Gasteiger partial charge in [-0.1, -0.05) is 13.8 Å². The van der Waals surface area contributed by atoms with E-state index in [9.17, 15) is 9.59 Å². The molecule has 0 aromatic rings. The summed E-state index contributed by atoms with van der Waals surface area (Å²) in [5.74, 6) is 0.0760. The summed E-state index contributed by atoms with van der Waals surface area (Å²) in [6.07, 6.45) is 0.643. The van der Waals surface area contributed by atoms with E-state index in [1.807, 2.05) is 13.8 Å². The summed E-state index contributed by atoms with van der Waals surface area (Å²) in [5, 5.41) is 2.47. The second-order valence-electron chi connectivity index (χ2n) is 3.66. The van der Waals surface area contributed by atoms with Gasteiger partial charge in [-0.05, 0) is 19.3 Å². The van der Waals surface area contributed by atoms with Gasteiger partial charge in [-0.3, -0.25) is 9.59 Å². The van der Waals surface area contributed by atoms with Crippen LogP contribution in [0.2, 0.25) is 0 Å². The molecular weight excluding hydrogens is 168 g/mol. The van der Waals surface area contributed by atoms with Crippen molar-refractivity contribution in [1.82, 2.24) is 5.32 Å². The van der Waals surface area contributed by atoms with Crippen LogP contribution in [-0.4, -0.2) is 24.3 Å². The van der Waals surface area contributed by atoms with Gasteiger partial charge in [-0.25, -0.2) is 0 Å². The van der Waals surface area contributed by atoms with Crippen molar-refractivity contribution in [3.05, 3.63) is 0 Å². The molecule has 4 nitrogen and oxygen atoms in total. The summed E-state index contributed by atoms with van der Waals surface area (Å²) in [6.45, 7) is 5.50. The van der Waals surface area contributed by atoms with E-state index in [-0.39, 0.29) is 18.2 Å². The fraction of sp³-hybridized carbons (Fsp3) is 0.778. The molecule has 0 spiro atoms. The number of carbonyl (C=O) groups excluding carboxylic acids is 2. The van der Waals surface area contributed by atoms with Gasteiger partial charge in [0.15, 0.2) is 0 Å². The normalized spacial score (nSPS) is 12.7. The summed E-state index contributed by atoms with van der Waals surface area (Å²) < 4.78 is 0. The molecule has 0 aliphatic carbocycles. The van der Waals surface area contributed by atoms with Crippen molar-refractivity contribution >= 4 is 11.7 Å². The first-order valence-electron chi connectivity index (χ1n) is 4.46. The number of hydrogen-bond acceptors (Lipinski definition) is 3. The minimum Gasteiger partial charge on any atom is -0.348 e. The molecule has 0 saturated heterocycles. The zero-order chi connectivity index (χ0) is 10.4. The highest BCUT2D eigenvalue weighted by molar-refractivity contribution is 5.87. The Morgan fingerprint density at radius 2 is 1.92 bits per heavy atom. The maximum Gasteiger partial charge on any atom is 0.237 e. The van der Waals surface area contributed by atoms with E-state index in [4.69, 9.17) is 5.73 Å². The van der Waals surface area contributed by atoms with Crippen LogP contribution in [0.4, 0.5) is 0 Å². The van der Waals surface area contributed by atoms with Crippen LogP contribution in [0.25, 0.3) is 0 Å². The van der Waals surface area contributed by atoms with Gasteiger partial charge in [0, 0.05) is 0 Å². The predicted octanol–water partition coefficient (Wildman–Crippen LogP) is 0.0650. The average Bonchev–Trinajstić information content (AvgIpc) is 1.98. The zero-order valence-corrected chi connectivity index (χ0v) is 8.46. The van der Waals surface area contributed by atoms with E-state index >= 15 is 0 Å². The Labute approximate surface area is 78.9 Å². The minimum absolute atomic E-state index is 0.0647. The third-order valence-electron chi connectivity index (χ3n) is 1.57. The lowest BCUT2D eigenvalue weighted by Gasteiger charge is -2.13. The Hall–Kier alpha value is -0.900. The van der Waals surface area contributed by atoms with Crippen molar-refractivity contribution in [3.8, 4) is 0 Å². The van der Waals surface area contributed by atoms with Gasteiger partial charge in [0.2, 0.25) is 5.91 Å². The van der Waals surface area contributed by atoms with Crippen LogP contribution in [0, 0.1) is 5.92 Å². The topological polar surface area (TPSA) is 72.2 Å². The lowest BCUT2D eigenvalue weighted by molar-refractivity contribution is -0.125. The highest BCUT2D eigenvalue weighted by Crippen LogP contribution is 2.01. The van der Waals surface area contributed by atoms with Crippen molar-refractivity contribution in [3.63, 3.8) is 0 Å². The molecule has 1 amide bonds. The van der Waals surface area contributed by atoms with Gasteiger partial charge in [-0.2, -0.15) is 0 Å². The van der Waals surface area contributed by atoms with Gasteiger partial charge >= 0.3 is 0 Å². The molecule has 0 fully saturated rings. The zero-order valence-electron chi connectivity index (χ0n) is 8.46. The number of nitrogens with two attached hydrogens (primary N) is 1. The third kappa shape index (κ3) is 6.28. The minimum atomic E-state index is -0.501. The van der Waals surface area contributed by atoms with E-state index < -0.39 is 6.04 Å². The summed E-state index contributed by atoms with van der Waals surface area (Å²) >= 11 is 0. The summed E-state index contributed by atoms with van der Waals surface area (Å²) in [6, 6.07) is -0.501. The Morgan fingerprint density at radius 1 is 1.38 bits per heavy atom. The Morgan fingerprint density at radius 3 is 2.31 bits per heavy atom. The second kappa shape index (κ2) is 5.70. The molecule has 0 aromatic heterocycles. The molecule has 0 radical (unpaired) electrons. The molecule has 1 atom stereocenters. The number of nitrogens with one attached hydrogen (secondary N) is 1. The number of hydrogen-bond donors (Lipinski definition) is 2. The molecule has 0 rings (SSSR count). The van der Waals surface area contributed by atoms with E-state index in [0.717, 1.165) is 0 Å². The van der Waals surface area contributed by atoms with Gasteiger partial charge < -0.3 is 11.1 Å². The molecule has 3 N–H and O–H groups in total. The van der Waals surface area contributed by atoms with E-state index in [1.54, 1.807) is 0 Å². The van der Waals surface area contributed by atoms with Crippen LogP contribution in [-0.2, 0) is 9.59 Å². The maximum absolute atomic E-state index is 11.2. The van der Waals surface area contributed by atoms with Gasteiger partial charge in [0.25, 0.3) is 0 Å². The molecule has 0 bridgehead atoms. The van der Waals surface area contributed by atoms with Crippen LogP contribution in [0.5, 0.6) is 0 Å². The lowest BCUT2D eigenvalue weighted by Crippen LogP contribution is -2.42. The molecule has 13 heavy (non-hydrogen) atoms. The monoisotopic (exact) mass is 186 g/mol. The molecule has 0 aromatic carbocycles. The van der Waals surface area contributed by atoms with Crippen molar-refractivity contribution in [1.29, 1.82) is 0 Å². The Bertz CT molecular complexity index is 190. The fourth-order valence-corrected chi connectivity index (χ4v) is 0.958. The first kappa shape index (κ1) is 12.1. The average molecular weight is 186 g/mol. The smallest absolute Gasteiger partial charge is 0.237 e. The van der Waals surface area contributed by atoms with Crippen LogP contribution in [0.15, 0.2) is 0 Å². The molecule has 0 aliphatic rings. The van der Waals surface area contributed by atoms with Crippen LogP contribution in [0.3, 0.4) is 0 Å². The van der Waals surface area contributed by atoms with Crippen LogP contribution < -0.4 is 11.1 Å². The van der Waals surface area contributed by atoms with E-state index in [0.29, 0.717) is 12.3 Å². The molecule has 4 heteroatoms. The third-order valence-corrected chi connectivity index (χ3v) is 1.57. The lowest BCUT2D eigenvalue weighted by atomic mass is 10.0. The molecule has 76 valence electrons. The predicted molar refractivity (Wildman–Crippen MR) is 51.1 cm³/mol. The molecular formula is C9H18N2O2. The maximum atomic E-state index is 11.2.